The first-order valence-electron chi connectivity index (χ1n) is 6.06. The smallest absolute Gasteiger partial charge is 0.285 e. The molecule has 0 aromatic heterocycles. The van der Waals surface area contributed by atoms with Gasteiger partial charge in [0.2, 0.25) is 0 Å². The van der Waals surface area contributed by atoms with Gasteiger partial charge in [0.05, 0.1) is 11.0 Å². The van der Waals surface area contributed by atoms with E-state index in [1.54, 1.807) is 0 Å². The van der Waals surface area contributed by atoms with Crippen LogP contribution in [0.15, 0.2) is 12.1 Å². The van der Waals surface area contributed by atoms with Crippen LogP contribution < -0.4 is 5.32 Å². The molecule has 2 rings (SSSR count). The molecule has 0 radical (unpaired) electrons. The molecule has 1 aromatic carbocycles. The molecule has 8 heteroatoms. The topological polar surface area (TPSA) is 75.5 Å². The Morgan fingerprint density at radius 3 is 2.70 bits per heavy atom. The Hall–Kier alpha value is -2.09. The van der Waals surface area contributed by atoms with Crippen molar-refractivity contribution in [2.75, 3.05) is 19.6 Å². The van der Waals surface area contributed by atoms with Gasteiger partial charge in [-0.15, -0.1) is 0 Å². The lowest BCUT2D eigenvalue weighted by Crippen LogP contribution is -2.51. The van der Waals surface area contributed by atoms with Crippen molar-refractivity contribution in [1.29, 1.82) is 0 Å². The number of piperazine rings is 1. The third-order valence-corrected chi connectivity index (χ3v) is 3.12. The molecule has 1 aliphatic rings. The van der Waals surface area contributed by atoms with Gasteiger partial charge in [0, 0.05) is 25.7 Å². The number of carbonyl (C=O) groups is 1. The van der Waals surface area contributed by atoms with Gasteiger partial charge >= 0.3 is 0 Å². The zero-order valence-electron chi connectivity index (χ0n) is 10.7. The Morgan fingerprint density at radius 1 is 1.45 bits per heavy atom. The summed E-state index contributed by atoms with van der Waals surface area (Å²) in [6.45, 7) is 3.12. The predicted molar refractivity (Wildman–Crippen MR) is 66.4 cm³/mol. The van der Waals surface area contributed by atoms with Gasteiger partial charge in [0.15, 0.2) is 11.6 Å². The van der Waals surface area contributed by atoms with Crippen LogP contribution in [0.3, 0.4) is 0 Å². The molecule has 1 fully saturated rings. The van der Waals surface area contributed by atoms with Gasteiger partial charge in [-0.1, -0.05) is 0 Å². The Balaban J connectivity index is 2.38. The van der Waals surface area contributed by atoms with Gasteiger partial charge < -0.3 is 10.2 Å². The van der Waals surface area contributed by atoms with Crippen molar-refractivity contribution in [2.45, 2.75) is 13.0 Å². The second kappa shape index (κ2) is 5.49. The fourth-order valence-corrected chi connectivity index (χ4v) is 2.15. The summed E-state index contributed by atoms with van der Waals surface area (Å²) < 4.78 is 26.3. The van der Waals surface area contributed by atoms with Gasteiger partial charge in [0.1, 0.15) is 5.56 Å². The molecule has 1 saturated heterocycles. The quantitative estimate of drug-likeness (QED) is 0.656. The molecule has 1 amide bonds. The van der Waals surface area contributed by atoms with Crippen LogP contribution in [0, 0.1) is 21.7 Å². The van der Waals surface area contributed by atoms with E-state index >= 15 is 0 Å². The SMILES string of the molecule is C[C@H]1CN(C(=O)c2cc(F)c(F)cc2[N+](=O)[O-])CCN1. The third-order valence-electron chi connectivity index (χ3n) is 3.12. The summed E-state index contributed by atoms with van der Waals surface area (Å²) in [5.74, 6) is -3.28. The number of hydrogen-bond acceptors (Lipinski definition) is 4. The van der Waals surface area contributed by atoms with Crippen LogP contribution in [0.5, 0.6) is 0 Å². The van der Waals surface area contributed by atoms with E-state index in [9.17, 15) is 23.7 Å². The summed E-state index contributed by atoms with van der Waals surface area (Å²) in [7, 11) is 0. The summed E-state index contributed by atoms with van der Waals surface area (Å²) in [4.78, 5) is 23.6. The summed E-state index contributed by atoms with van der Waals surface area (Å²) in [6, 6.07) is 1.06. The van der Waals surface area contributed by atoms with Gasteiger partial charge in [0.25, 0.3) is 11.6 Å². The van der Waals surface area contributed by atoms with Gasteiger partial charge in [-0.25, -0.2) is 8.78 Å². The second-order valence-electron chi connectivity index (χ2n) is 4.65. The number of hydrogen-bond donors (Lipinski definition) is 1. The number of benzene rings is 1. The van der Waals surface area contributed by atoms with Crippen LogP contribution >= 0.6 is 0 Å². The molecule has 108 valence electrons. The number of halogens is 2. The van der Waals surface area contributed by atoms with E-state index in [1.165, 1.54) is 4.90 Å². The molecule has 0 bridgehead atoms. The molecule has 0 unspecified atom stereocenters. The van der Waals surface area contributed by atoms with Gasteiger partial charge in [-0.3, -0.25) is 14.9 Å². The van der Waals surface area contributed by atoms with Crippen LogP contribution in [0.4, 0.5) is 14.5 Å². The zero-order valence-corrected chi connectivity index (χ0v) is 10.7. The van der Waals surface area contributed by atoms with Gasteiger partial charge in [-0.05, 0) is 13.0 Å². The zero-order chi connectivity index (χ0) is 14.9. The number of carbonyl (C=O) groups excluding carboxylic acids is 1. The first kappa shape index (κ1) is 14.3. The van der Waals surface area contributed by atoms with E-state index in [0.29, 0.717) is 31.8 Å². The highest BCUT2D eigenvalue weighted by molar-refractivity contribution is 5.98. The normalized spacial score (nSPS) is 18.9. The molecule has 0 aliphatic carbocycles. The maximum Gasteiger partial charge on any atom is 0.285 e. The number of nitrogens with one attached hydrogen (secondary N) is 1. The second-order valence-corrected chi connectivity index (χ2v) is 4.65. The third kappa shape index (κ3) is 2.74. The van der Waals surface area contributed by atoms with Crippen molar-refractivity contribution in [1.82, 2.24) is 10.2 Å². The molecule has 20 heavy (non-hydrogen) atoms. The molecule has 0 spiro atoms. The molecule has 1 heterocycles. The van der Waals surface area contributed by atoms with Crippen molar-refractivity contribution in [2.24, 2.45) is 0 Å². The molecule has 1 aliphatic heterocycles. The highest BCUT2D eigenvalue weighted by atomic mass is 19.2. The molecular weight excluding hydrogens is 272 g/mol. The van der Waals surface area contributed by atoms with Crippen LogP contribution in [0.25, 0.3) is 0 Å². The number of nitro groups is 1. The highest BCUT2D eigenvalue weighted by Gasteiger charge is 2.29. The molecule has 6 nitrogen and oxygen atoms in total. The Morgan fingerprint density at radius 2 is 2.10 bits per heavy atom. The summed E-state index contributed by atoms with van der Waals surface area (Å²) in [6.07, 6.45) is 0. The van der Waals surface area contributed by atoms with E-state index < -0.39 is 33.7 Å². The summed E-state index contributed by atoms with van der Waals surface area (Å²) >= 11 is 0. The predicted octanol–water partition coefficient (Wildman–Crippen LogP) is 1.31. The van der Waals surface area contributed by atoms with Crippen molar-refractivity contribution >= 4 is 11.6 Å². The van der Waals surface area contributed by atoms with Crippen molar-refractivity contribution in [3.05, 3.63) is 39.4 Å². The fourth-order valence-electron chi connectivity index (χ4n) is 2.15. The first-order valence-corrected chi connectivity index (χ1v) is 6.06. The van der Waals surface area contributed by atoms with Crippen LogP contribution in [0.1, 0.15) is 17.3 Å². The van der Waals surface area contributed by atoms with Crippen LogP contribution in [-0.4, -0.2) is 41.4 Å². The fraction of sp³-hybridized carbons (Fsp3) is 0.417. The van der Waals surface area contributed by atoms with E-state index in [0.717, 1.165) is 0 Å². The minimum absolute atomic E-state index is 0.0389. The maximum atomic E-state index is 13.2. The largest absolute Gasteiger partial charge is 0.336 e. The first-order chi connectivity index (χ1) is 9.40. The summed E-state index contributed by atoms with van der Waals surface area (Å²) in [5, 5.41) is 14.0. The van der Waals surface area contributed by atoms with E-state index in [1.807, 2.05) is 6.92 Å². The van der Waals surface area contributed by atoms with Crippen molar-refractivity contribution < 1.29 is 18.5 Å². The maximum absolute atomic E-state index is 13.2. The lowest BCUT2D eigenvalue weighted by atomic mass is 10.1. The van der Waals surface area contributed by atoms with E-state index in [-0.39, 0.29) is 6.04 Å². The van der Waals surface area contributed by atoms with Crippen molar-refractivity contribution in [3.8, 4) is 0 Å². The lowest BCUT2D eigenvalue weighted by molar-refractivity contribution is -0.385. The Kier molecular flexibility index (Phi) is 3.93. The summed E-state index contributed by atoms with van der Waals surface area (Å²) in [5.41, 5.74) is -1.15. The monoisotopic (exact) mass is 285 g/mol. The number of nitrogens with zero attached hydrogens (tertiary/aromatic N) is 2. The van der Waals surface area contributed by atoms with Crippen molar-refractivity contribution in [3.63, 3.8) is 0 Å². The average Bonchev–Trinajstić information content (AvgIpc) is 2.40. The molecule has 1 aromatic rings. The molecule has 1 atom stereocenters. The van der Waals surface area contributed by atoms with Gasteiger partial charge in [-0.2, -0.15) is 0 Å². The lowest BCUT2D eigenvalue weighted by Gasteiger charge is -2.31. The standard InChI is InChI=1S/C12H13F2N3O3/c1-7-6-16(3-2-15-7)12(18)8-4-9(13)10(14)5-11(8)17(19)20/h4-5,7,15H,2-3,6H2,1H3/t7-/m0/s1. The Bertz CT molecular complexity index is 565. The molecule has 0 saturated carbocycles. The number of nitro benzene ring substituents is 1. The molecular formula is C12H13F2N3O3. The molecule has 1 N–H and O–H groups in total. The van der Waals surface area contributed by atoms with Crippen LogP contribution in [0.2, 0.25) is 0 Å². The van der Waals surface area contributed by atoms with E-state index in [4.69, 9.17) is 0 Å². The average molecular weight is 285 g/mol. The van der Waals surface area contributed by atoms with Crippen LogP contribution in [-0.2, 0) is 0 Å². The number of amides is 1. The highest BCUT2D eigenvalue weighted by Crippen LogP contribution is 2.24. The minimum Gasteiger partial charge on any atom is -0.336 e. The van der Waals surface area contributed by atoms with E-state index in [2.05, 4.69) is 5.32 Å². The minimum atomic E-state index is -1.35. The number of rotatable bonds is 2. The Labute approximate surface area is 113 Å².